The average molecular weight is 365 g/mol. The lowest BCUT2D eigenvalue weighted by Crippen LogP contribution is -2.41. The van der Waals surface area contributed by atoms with Gasteiger partial charge in [0, 0.05) is 11.9 Å². The summed E-state index contributed by atoms with van der Waals surface area (Å²) in [5.74, 6) is -2.34. The van der Waals surface area contributed by atoms with Gasteiger partial charge in [-0.05, 0) is 17.5 Å². The molecule has 1 aliphatic rings. The van der Waals surface area contributed by atoms with Gasteiger partial charge in [0.2, 0.25) is 5.91 Å². The SMILES string of the molecule is [B]c1cc2c(c3cn[nH]c13)CN(CC(F)(F)F)C(=O)[C@H](CC(=O)OC)C2. The van der Waals surface area contributed by atoms with Crippen LogP contribution in [0.3, 0.4) is 0 Å². The molecule has 1 aliphatic heterocycles. The number of aromatic amines is 1. The van der Waals surface area contributed by atoms with Crippen molar-refractivity contribution in [3.05, 3.63) is 23.4 Å². The van der Waals surface area contributed by atoms with E-state index in [9.17, 15) is 22.8 Å². The highest BCUT2D eigenvalue weighted by atomic mass is 19.4. The Labute approximate surface area is 148 Å². The number of H-pyrrole nitrogens is 1. The molecule has 0 fully saturated rings. The van der Waals surface area contributed by atoms with E-state index in [4.69, 9.17) is 7.85 Å². The van der Waals surface area contributed by atoms with Crippen LogP contribution in [0.2, 0.25) is 0 Å². The van der Waals surface area contributed by atoms with Gasteiger partial charge in [-0.15, -0.1) is 0 Å². The number of amides is 1. The Hall–Kier alpha value is -2.52. The minimum atomic E-state index is -4.56. The second-order valence-corrected chi connectivity index (χ2v) is 6.25. The molecule has 2 aromatic rings. The first kappa shape index (κ1) is 18.3. The van der Waals surface area contributed by atoms with Crippen molar-refractivity contribution < 1.29 is 27.5 Å². The average Bonchev–Trinajstić information content (AvgIpc) is 3.00. The van der Waals surface area contributed by atoms with Gasteiger partial charge in [-0.1, -0.05) is 11.5 Å². The fourth-order valence-corrected chi connectivity index (χ4v) is 3.30. The van der Waals surface area contributed by atoms with E-state index in [0.29, 0.717) is 27.5 Å². The van der Waals surface area contributed by atoms with Crippen molar-refractivity contribution >= 4 is 36.1 Å². The molecule has 1 N–H and O–H groups in total. The molecule has 0 aliphatic carbocycles. The minimum Gasteiger partial charge on any atom is -0.469 e. The summed E-state index contributed by atoms with van der Waals surface area (Å²) in [7, 11) is 7.14. The second kappa shape index (κ2) is 6.66. The number of halogens is 3. The number of hydrogen-bond donors (Lipinski definition) is 1. The van der Waals surface area contributed by atoms with Crippen molar-refractivity contribution in [2.75, 3.05) is 13.7 Å². The number of alkyl halides is 3. The maximum absolute atomic E-state index is 13.0. The first-order valence-electron chi connectivity index (χ1n) is 7.85. The lowest BCUT2D eigenvalue weighted by Gasteiger charge is -2.25. The van der Waals surface area contributed by atoms with Gasteiger partial charge in [0.05, 0.1) is 31.2 Å². The number of nitrogens with one attached hydrogen (secondary N) is 1. The summed E-state index contributed by atoms with van der Waals surface area (Å²) in [4.78, 5) is 25.0. The molecule has 26 heavy (non-hydrogen) atoms. The van der Waals surface area contributed by atoms with Gasteiger partial charge < -0.3 is 9.64 Å². The molecule has 0 spiro atoms. The van der Waals surface area contributed by atoms with Crippen molar-refractivity contribution in [1.82, 2.24) is 15.1 Å². The summed E-state index contributed by atoms with van der Waals surface area (Å²) in [5.41, 5.74) is 2.07. The highest BCUT2D eigenvalue weighted by Gasteiger charge is 2.38. The molecule has 6 nitrogen and oxygen atoms in total. The van der Waals surface area contributed by atoms with Crippen LogP contribution in [-0.2, 0) is 27.3 Å². The third-order valence-corrected chi connectivity index (χ3v) is 4.46. The number of rotatable bonds is 3. The topological polar surface area (TPSA) is 75.3 Å². The smallest absolute Gasteiger partial charge is 0.406 e. The van der Waals surface area contributed by atoms with Crippen molar-refractivity contribution in [2.24, 2.45) is 5.92 Å². The Morgan fingerprint density at radius 3 is 2.88 bits per heavy atom. The summed E-state index contributed by atoms with van der Waals surface area (Å²) in [6.07, 6.45) is -3.28. The standard InChI is InChI=1S/C16H15BF3N3O3/c1-26-13(24)4-9-2-8-3-12(17)14-10(5-21-22-14)11(8)6-23(15(9)25)7-16(18,19)20/h3,5,9H,2,4,6-7H2,1H3,(H,21,22)/t9-/m0/s1. The number of aromatic nitrogens is 2. The lowest BCUT2D eigenvalue weighted by atomic mass is 9.86. The Bertz CT molecular complexity index is 866. The zero-order valence-electron chi connectivity index (χ0n) is 13.9. The molecule has 0 bridgehead atoms. The van der Waals surface area contributed by atoms with Crippen LogP contribution in [-0.4, -0.2) is 54.7 Å². The van der Waals surface area contributed by atoms with Gasteiger partial charge in [-0.3, -0.25) is 14.7 Å². The monoisotopic (exact) mass is 365 g/mol. The highest BCUT2D eigenvalue weighted by molar-refractivity contribution is 6.38. The lowest BCUT2D eigenvalue weighted by molar-refractivity contribution is -0.165. The summed E-state index contributed by atoms with van der Waals surface area (Å²) in [6.45, 7) is -1.63. The Morgan fingerprint density at radius 2 is 2.23 bits per heavy atom. The zero-order chi connectivity index (χ0) is 19.1. The van der Waals surface area contributed by atoms with Crippen molar-refractivity contribution in [3.8, 4) is 0 Å². The first-order chi connectivity index (χ1) is 12.2. The summed E-state index contributed by atoms with van der Waals surface area (Å²) in [6, 6.07) is 1.62. The molecule has 2 heterocycles. The van der Waals surface area contributed by atoms with Crippen molar-refractivity contribution in [1.29, 1.82) is 0 Å². The molecule has 1 amide bonds. The number of carbonyl (C=O) groups excluding carboxylic acids is 2. The quantitative estimate of drug-likeness (QED) is 0.650. The van der Waals surface area contributed by atoms with Crippen LogP contribution in [0, 0.1) is 5.92 Å². The number of hydrogen-bond acceptors (Lipinski definition) is 4. The number of fused-ring (bicyclic) bond motifs is 3. The number of esters is 1. The molecular formula is C16H15BF3N3O3. The fraction of sp³-hybridized carbons (Fsp3) is 0.438. The molecule has 0 saturated carbocycles. The fourth-order valence-electron chi connectivity index (χ4n) is 3.30. The predicted molar refractivity (Wildman–Crippen MR) is 86.8 cm³/mol. The maximum atomic E-state index is 13.0. The number of methoxy groups -OCH3 is 1. The predicted octanol–water partition coefficient (Wildman–Crippen LogP) is 0.983. The van der Waals surface area contributed by atoms with E-state index in [2.05, 4.69) is 14.9 Å². The van der Waals surface area contributed by atoms with E-state index in [0.717, 1.165) is 12.0 Å². The summed E-state index contributed by atoms with van der Waals surface area (Å²) >= 11 is 0. The van der Waals surface area contributed by atoms with Crippen LogP contribution < -0.4 is 5.46 Å². The highest BCUT2D eigenvalue weighted by Crippen LogP contribution is 2.31. The van der Waals surface area contributed by atoms with E-state index in [-0.39, 0.29) is 19.4 Å². The van der Waals surface area contributed by atoms with Crippen molar-refractivity contribution in [3.63, 3.8) is 0 Å². The van der Waals surface area contributed by atoms with Crippen LogP contribution in [0.5, 0.6) is 0 Å². The third kappa shape index (κ3) is 3.54. The molecule has 2 radical (unpaired) electrons. The van der Waals surface area contributed by atoms with Crippen LogP contribution >= 0.6 is 0 Å². The van der Waals surface area contributed by atoms with Crippen LogP contribution in [0.1, 0.15) is 17.5 Å². The number of carbonyl (C=O) groups is 2. The molecule has 1 aromatic carbocycles. The van der Waals surface area contributed by atoms with Gasteiger partial charge in [-0.25, -0.2) is 0 Å². The van der Waals surface area contributed by atoms with Gasteiger partial charge in [0.15, 0.2) is 0 Å². The third-order valence-electron chi connectivity index (χ3n) is 4.46. The first-order valence-corrected chi connectivity index (χ1v) is 7.85. The van der Waals surface area contributed by atoms with E-state index in [1.54, 1.807) is 6.07 Å². The van der Waals surface area contributed by atoms with Crippen LogP contribution in [0.15, 0.2) is 12.3 Å². The Morgan fingerprint density at radius 1 is 1.50 bits per heavy atom. The normalized spacial score (nSPS) is 17.9. The minimum absolute atomic E-state index is 0.100. The zero-order valence-corrected chi connectivity index (χ0v) is 13.9. The summed E-state index contributed by atoms with van der Waals surface area (Å²) in [5, 5.41) is 7.17. The van der Waals surface area contributed by atoms with E-state index in [1.807, 2.05) is 0 Å². The van der Waals surface area contributed by atoms with Gasteiger partial charge in [0.25, 0.3) is 0 Å². The molecule has 0 unspecified atom stereocenters. The second-order valence-electron chi connectivity index (χ2n) is 6.25. The summed E-state index contributed by atoms with van der Waals surface area (Å²) < 4.78 is 43.5. The van der Waals surface area contributed by atoms with E-state index in [1.165, 1.54) is 6.20 Å². The number of benzene rings is 1. The molecule has 1 atom stereocenters. The van der Waals surface area contributed by atoms with Crippen LogP contribution in [0.25, 0.3) is 10.9 Å². The van der Waals surface area contributed by atoms with Gasteiger partial charge >= 0.3 is 12.1 Å². The Balaban J connectivity index is 2.08. The Kier molecular flexibility index (Phi) is 4.68. The molecule has 136 valence electrons. The largest absolute Gasteiger partial charge is 0.469 e. The van der Waals surface area contributed by atoms with Gasteiger partial charge in [-0.2, -0.15) is 18.3 Å². The molecular weight excluding hydrogens is 350 g/mol. The maximum Gasteiger partial charge on any atom is 0.406 e. The molecule has 3 rings (SSSR count). The molecule has 10 heteroatoms. The van der Waals surface area contributed by atoms with Crippen molar-refractivity contribution in [2.45, 2.75) is 25.6 Å². The van der Waals surface area contributed by atoms with E-state index >= 15 is 0 Å². The van der Waals surface area contributed by atoms with Gasteiger partial charge in [0.1, 0.15) is 14.4 Å². The number of nitrogens with zero attached hydrogens (tertiary/aromatic N) is 2. The van der Waals surface area contributed by atoms with Crippen LogP contribution in [0.4, 0.5) is 13.2 Å². The van der Waals surface area contributed by atoms with E-state index < -0.39 is 30.5 Å². The number of ether oxygens (including phenoxy) is 1. The molecule has 0 saturated heterocycles. The molecule has 1 aromatic heterocycles.